The quantitative estimate of drug-likeness (QED) is 0.886. The molecule has 0 radical (unpaired) electrons. The predicted molar refractivity (Wildman–Crippen MR) is 77.4 cm³/mol. The number of likely N-dealkylation sites (N-methyl/N-ethyl adjacent to an activating group) is 1. The summed E-state index contributed by atoms with van der Waals surface area (Å²) in [4.78, 5) is 15.6. The summed E-state index contributed by atoms with van der Waals surface area (Å²) in [5.74, 6) is -0.0150. The van der Waals surface area contributed by atoms with Crippen LogP contribution in [0.3, 0.4) is 0 Å². The van der Waals surface area contributed by atoms with Crippen molar-refractivity contribution in [2.75, 3.05) is 38.1 Å². The zero-order valence-corrected chi connectivity index (χ0v) is 11.7. The molecule has 6 nitrogen and oxygen atoms in total. The highest BCUT2D eigenvalue weighted by Gasteiger charge is 2.20. The lowest BCUT2D eigenvalue weighted by Crippen LogP contribution is -2.44. The Morgan fingerprint density at radius 2 is 1.90 bits per heavy atom. The third-order valence-corrected chi connectivity index (χ3v) is 3.88. The summed E-state index contributed by atoms with van der Waals surface area (Å²) in [6, 6.07) is 5.17. The number of rotatable bonds is 2. The Balaban J connectivity index is 2.05. The Kier molecular flexibility index (Phi) is 3.10. The van der Waals surface area contributed by atoms with Crippen molar-refractivity contribution in [3.63, 3.8) is 0 Å². The molecule has 0 unspecified atom stereocenters. The van der Waals surface area contributed by atoms with Gasteiger partial charge in [-0.2, -0.15) is 5.10 Å². The molecule has 0 aliphatic carbocycles. The number of hydrogen-bond acceptors (Lipinski definition) is 4. The first kappa shape index (κ1) is 12.9. The van der Waals surface area contributed by atoms with E-state index in [0.717, 1.165) is 42.9 Å². The maximum absolute atomic E-state index is 11.1. The number of fused-ring (bicyclic) bond motifs is 1. The van der Waals surface area contributed by atoms with E-state index in [0.29, 0.717) is 5.56 Å². The van der Waals surface area contributed by atoms with Crippen LogP contribution < -0.4 is 4.90 Å². The highest BCUT2D eigenvalue weighted by atomic mass is 16.4. The van der Waals surface area contributed by atoms with Crippen LogP contribution in [0.15, 0.2) is 18.2 Å². The molecule has 1 fully saturated rings. The van der Waals surface area contributed by atoms with Gasteiger partial charge in [0.05, 0.1) is 11.1 Å². The Hall–Kier alpha value is -2.08. The first-order chi connectivity index (χ1) is 9.56. The van der Waals surface area contributed by atoms with Crippen molar-refractivity contribution in [1.82, 2.24) is 14.7 Å². The second-order valence-electron chi connectivity index (χ2n) is 5.27. The average molecular weight is 274 g/mol. The molecular formula is C14H18N4O2. The van der Waals surface area contributed by atoms with Gasteiger partial charge in [0.2, 0.25) is 0 Å². The Labute approximate surface area is 117 Å². The first-order valence-electron chi connectivity index (χ1n) is 6.70. The van der Waals surface area contributed by atoms with Crippen molar-refractivity contribution < 1.29 is 9.90 Å². The normalized spacial score (nSPS) is 16.8. The monoisotopic (exact) mass is 274 g/mol. The van der Waals surface area contributed by atoms with Crippen molar-refractivity contribution in [3.8, 4) is 0 Å². The molecule has 0 bridgehead atoms. The number of nitrogens with zero attached hydrogens (tertiary/aromatic N) is 4. The van der Waals surface area contributed by atoms with Crippen molar-refractivity contribution in [1.29, 1.82) is 0 Å². The molecule has 6 heteroatoms. The predicted octanol–water partition coefficient (Wildman–Crippen LogP) is 1.02. The molecule has 2 heterocycles. The van der Waals surface area contributed by atoms with Crippen molar-refractivity contribution in [2.24, 2.45) is 7.05 Å². The second kappa shape index (κ2) is 4.79. The molecule has 1 aliphatic heterocycles. The van der Waals surface area contributed by atoms with Crippen LogP contribution in [-0.4, -0.2) is 59.0 Å². The molecule has 3 rings (SSSR count). The van der Waals surface area contributed by atoms with E-state index >= 15 is 0 Å². The SMILES string of the molecule is CN1CCN(c2nn(C)c3ccc(C(=O)O)cc23)CC1. The molecule has 0 spiro atoms. The highest BCUT2D eigenvalue weighted by Crippen LogP contribution is 2.27. The Morgan fingerprint density at radius 1 is 1.20 bits per heavy atom. The minimum absolute atomic E-state index is 0.306. The molecule has 1 aromatic carbocycles. The van der Waals surface area contributed by atoms with Crippen LogP contribution in [-0.2, 0) is 7.05 Å². The lowest BCUT2D eigenvalue weighted by Gasteiger charge is -2.32. The third kappa shape index (κ3) is 2.12. The third-order valence-electron chi connectivity index (χ3n) is 3.88. The fraction of sp³-hybridized carbons (Fsp3) is 0.429. The fourth-order valence-electron chi connectivity index (χ4n) is 2.63. The van der Waals surface area contributed by atoms with E-state index < -0.39 is 5.97 Å². The van der Waals surface area contributed by atoms with Gasteiger partial charge in [-0.3, -0.25) is 4.68 Å². The van der Waals surface area contributed by atoms with E-state index in [4.69, 9.17) is 5.11 Å². The van der Waals surface area contributed by atoms with Crippen LogP contribution in [0.5, 0.6) is 0 Å². The number of piperazine rings is 1. The summed E-state index contributed by atoms with van der Waals surface area (Å²) >= 11 is 0. The largest absolute Gasteiger partial charge is 0.478 e. The molecular weight excluding hydrogens is 256 g/mol. The first-order valence-corrected chi connectivity index (χ1v) is 6.70. The van der Waals surface area contributed by atoms with Crippen LogP contribution in [0.25, 0.3) is 10.9 Å². The summed E-state index contributed by atoms with van der Waals surface area (Å²) in [5.41, 5.74) is 1.27. The number of benzene rings is 1. The summed E-state index contributed by atoms with van der Waals surface area (Å²) in [5, 5.41) is 14.6. The van der Waals surface area contributed by atoms with Crippen molar-refractivity contribution >= 4 is 22.7 Å². The van der Waals surface area contributed by atoms with E-state index in [1.54, 1.807) is 12.1 Å². The van der Waals surface area contributed by atoms with Crippen LogP contribution in [0, 0.1) is 0 Å². The van der Waals surface area contributed by atoms with Gasteiger partial charge in [-0.1, -0.05) is 0 Å². The highest BCUT2D eigenvalue weighted by molar-refractivity contribution is 5.98. The van der Waals surface area contributed by atoms with Gasteiger partial charge in [-0.15, -0.1) is 0 Å². The van der Waals surface area contributed by atoms with Gasteiger partial charge in [-0.05, 0) is 25.2 Å². The van der Waals surface area contributed by atoms with Crippen molar-refractivity contribution in [3.05, 3.63) is 23.8 Å². The lowest BCUT2D eigenvalue weighted by atomic mass is 10.1. The van der Waals surface area contributed by atoms with E-state index in [-0.39, 0.29) is 0 Å². The number of carbonyl (C=O) groups is 1. The molecule has 106 valence electrons. The van der Waals surface area contributed by atoms with E-state index in [1.807, 2.05) is 17.8 Å². The number of aryl methyl sites for hydroxylation is 1. The van der Waals surface area contributed by atoms with Gasteiger partial charge >= 0.3 is 5.97 Å². The van der Waals surface area contributed by atoms with Gasteiger partial charge in [0, 0.05) is 38.6 Å². The molecule has 0 amide bonds. The summed E-state index contributed by atoms with van der Waals surface area (Å²) in [6.07, 6.45) is 0. The van der Waals surface area contributed by atoms with E-state index in [2.05, 4.69) is 21.9 Å². The van der Waals surface area contributed by atoms with Crippen molar-refractivity contribution in [2.45, 2.75) is 0 Å². The number of anilines is 1. The average Bonchev–Trinajstić information content (AvgIpc) is 2.76. The van der Waals surface area contributed by atoms with Crippen LogP contribution in [0.2, 0.25) is 0 Å². The maximum Gasteiger partial charge on any atom is 0.335 e. The minimum Gasteiger partial charge on any atom is -0.478 e. The zero-order valence-electron chi connectivity index (χ0n) is 11.7. The maximum atomic E-state index is 11.1. The number of aromatic nitrogens is 2. The molecule has 1 aliphatic rings. The molecule has 0 saturated carbocycles. The standard InChI is InChI=1S/C14H18N4O2/c1-16-5-7-18(8-6-16)13-11-9-10(14(19)20)3-4-12(11)17(2)15-13/h3-4,9H,5-8H2,1-2H3,(H,19,20). The summed E-state index contributed by atoms with van der Waals surface area (Å²) in [6.45, 7) is 3.83. The van der Waals surface area contributed by atoms with Gasteiger partial charge in [-0.25, -0.2) is 4.79 Å². The summed E-state index contributed by atoms with van der Waals surface area (Å²) in [7, 11) is 4.00. The fourth-order valence-corrected chi connectivity index (χ4v) is 2.63. The van der Waals surface area contributed by atoms with E-state index in [9.17, 15) is 4.79 Å². The van der Waals surface area contributed by atoms with Crippen LogP contribution >= 0.6 is 0 Å². The second-order valence-corrected chi connectivity index (χ2v) is 5.27. The van der Waals surface area contributed by atoms with Gasteiger partial charge < -0.3 is 14.9 Å². The molecule has 1 N–H and O–H groups in total. The van der Waals surface area contributed by atoms with Crippen LogP contribution in [0.4, 0.5) is 5.82 Å². The van der Waals surface area contributed by atoms with Gasteiger partial charge in [0.25, 0.3) is 0 Å². The Morgan fingerprint density at radius 3 is 2.55 bits per heavy atom. The molecule has 20 heavy (non-hydrogen) atoms. The minimum atomic E-state index is -0.903. The molecule has 1 aromatic heterocycles. The summed E-state index contributed by atoms with van der Waals surface area (Å²) < 4.78 is 1.81. The molecule has 1 saturated heterocycles. The van der Waals surface area contributed by atoms with E-state index in [1.165, 1.54) is 0 Å². The van der Waals surface area contributed by atoms with Gasteiger partial charge in [0.15, 0.2) is 5.82 Å². The lowest BCUT2D eigenvalue weighted by molar-refractivity contribution is 0.0697. The smallest absolute Gasteiger partial charge is 0.335 e. The number of carboxylic acids is 1. The topological polar surface area (TPSA) is 61.6 Å². The number of carboxylic acid groups (broad SMARTS) is 1. The van der Waals surface area contributed by atoms with Gasteiger partial charge in [0.1, 0.15) is 0 Å². The number of aromatic carboxylic acids is 1. The molecule has 0 atom stereocenters. The number of hydrogen-bond donors (Lipinski definition) is 1. The van der Waals surface area contributed by atoms with Crippen LogP contribution in [0.1, 0.15) is 10.4 Å². The molecule has 2 aromatic rings. The Bertz CT molecular complexity index is 656. The zero-order chi connectivity index (χ0) is 14.3.